The number of fused-ring (bicyclic) bond motifs is 1. The number of benzene rings is 1. The molecular weight excluding hydrogens is 318 g/mol. The minimum atomic E-state index is -0.318. The zero-order chi connectivity index (χ0) is 18.0. The molecule has 0 saturated heterocycles. The summed E-state index contributed by atoms with van der Waals surface area (Å²) in [6.07, 6.45) is 0. The van der Waals surface area contributed by atoms with Gasteiger partial charge >= 0.3 is 0 Å². The fourth-order valence-corrected chi connectivity index (χ4v) is 2.84. The third kappa shape index (κ3) is 3.71. The molecule has 7 heteroatoms. The molecular formula is C18H21N5O2. The number of aromatic amines is 1. The Balaban J connectivity index is 1.56. The maximum atomic E-state index is 12.1. The normalized spacial score (nSPS) is 10.8. The fraction of sp³-hybridized carbons (Fsp3) is 0.278. The van der Waals surface area contributed by atoms with Gasteiger partial charge < -0.3 is 15.6 Å². The number of nitrogens with zero attached hydrogens (tertiary/aromatic N) is 2. The molecule has 0 atom stereocenters. The van der Waals surface area contributed by atoms with Crippen molar-refractivity contribution in [2.75, 3.05) is 6.54 Å². The van der Waals surface area contributed by atoms with Crippen molar-refractivity contribution in [3.63, 3.8) is 0 Å². The van der Waals surface area contributed by atoms with Crippen molar-refractivity contribution in [2.45, 2.75) is 20.4 Å². The number of aromatic nitrogens is 3. The van der Waals surface area contributed by atoms with Crippen LogP contribution in [0.25, 0.3) is 10.9 Å². The maximum Gasteiger partial charge on any atom is 0.269 e. The van der Waals surface area contributed by atoms with E-state index in [1.807, 2.05) is 32.0 Å². The Kier molecular flexibility index (Phi) is 4.56. The summed E-state index contributed by atoms with van der Waals surface area (Å²) >= 11 is 0. The molecule has 2 aromatic heterocycles. The van der Waals surface area contributed by atoms with E-state index in [1.165, 1.54) is 4.68 Å². The first kappa shape index (κ1) is 16.8. The van der Waals surface area contributed by atoms with E-state index in [2.05, 4.69) is 26.8 Å². The molecule has 25 heavy (non-hydrogen) atoms. The number of carbonyl (C=O) groups is 2. The summed E-state index contributed by atoms with van der Waals surface area (Å²) in [5, 5.41) is 10.7. The maximum absolute atomic E-state index is 12.1. The van der Waals surface area contributed by atoms with Gasteiger partial charge in [-0.1, -0.05) is 12.1 Å². The van der Waals surface area contributed by atoms with Crippen molar-refractivity contribution < 1.29 is 9.59 Å². The Morgan fingerprint density at radius 1 is 1.20 bits per heavy atom. The summed E-state index contributed by atoms with van der Waals surface area (Å²) in [4.78, 5) is 27.4. The minimum Gasteiger partial charge on any atom is -0.359 e. The topological polar surface area (TPSA) is 91.8 Å². The van der Waals surface area contributed by atoms with Crippen LogP contribution in [0.15, 0.2) is 30.3 Å². The first-order valence-corrected chi connectivity index (χ1v) is 8.07. The van der Waals surface area contributed by atoms with Crippen molar-refractivity contribution in [1.82, 2.24) is 25.4 Å². The van der Waals surface area contributed by atoms with Gasteiger partial charge in [-0.25, -0.2) is 0 Å². The second kappa shape index (κ2) is 6.80. The van der Waals surface area contributed by atoms with Crippen LogP contribution in [-0.4, -0.2) is 33.1 Å². The third-order valence-electron chi connectivity index (χ3n) is 4.01. The van der Waals surface area contributed by atoms with Gasteiger partial charge in [-0.15, -0.1) is 0 Å². The third-order valence-corrected chi connectivity index (χ3v) is 4.01. The molecule has 0 aliphatic heterocycles. The molecule has 0 radical (unpaired) electrons. The van der Waals surface area contributed by atoms with Crippen molar-refractivity contribution >= 4 is 22.7 Å². The number of carbonyl (C=O) groups excluding carboxylic acids is 2. The summed E-state index contributed by atoms with van der Waals surface area (Å²) in [7, 11) is 1.70. The van der Waals surface area contributed by atoms with Gasteiger partial charge in [0.25, 0.3) is 5.91 Å². The quantitative estimate of drug-likeness (QED) is 0.659. The summed E-state index contributed by atoms with van der Waals surface area (Å²) in [5.74, 6) is -0.557. The predicted molar refractivity (Wildman–Crippen MR) is 95.2 cm³/mol. The Bertz CT molecular complexity index is 938. The van der Waals surface area contributed by atoms with E-state index in [0.29, 0.717) is 12.2 Å². The molecule has 3 aromatic rings. The lowest BCUT2D eigenvalue weighted by atomic mass is 10.1. The van der Waals surface area contributed by atoms with E-state index in [0.717, 1.165) is 27.9 Å². The van der Waals surface area contributed by atoms with Crippen LogP contribution in [0.2, 0.25) is 0 Å². The number of nitrogens with one attached hydrogen (secondary N) is 3. The Morgan fingerprint density at radius 3 is 2.72 bits per heavy atom. The van der Waals surface area contributed by atoms with Crippen LogP contribution in [0.5, 0.6) is 0 Å². The molecule has 3 rings (SSSR count). The fourth-order valence-electron chi connectivity index (χ4n) is 2.84. The smallest absolute Gasteiger partial charge is 0.269 e. The lowest BCUT2D eigenvalue weighted by molar-refractivity contribution is -0.120. The number of hydrogen-bond donors (Lipinski definition) is 3. The molecule has 1 aromatic carbocycles. The van der Waals surface area contributed by atoms with Crippen molar-refractivity contribution in [3.8, 4) is 0 Å². The van der Waals surface area contributed by atoms with Crippen molar-refractivity contribution in [2.24, 2.45) is 7.05 Å². The van der Waals surface area contributed by atoms with Crippen molar-refractivity contribution in [1.29, 1.82) is 0 Å². The predicted octanol–water partition coefficient (Wildman–Crippen LogP) is 1.56. The van der Waals surface area contributed by atoms with Gasteiger partial charge in [-0.2, -0.15) is 5.10 Å². The summed E-state index contributed by atoms with van der Waals surface area (Å²) in [5.41, 5.74) is 4.34. The van der Waals surface area contributed by atoms with Gasteiger partial charge in [0.1, 0.15) is 5.69 Å². The van der Waals surface area contributed by atoms with Gasteiger partial charge in [-0.3, -0.25) is 14.3 Å². The van der Waals surface area contributed by atoms with Gasteiger partial charge in [0, 0.05) is 30.2 Å². The van der Waals surface area contributed by atoms with Gasteiger partial charge in [0.2, 0.25) is 5.91 Å². The molecule has 0 aliphatic rings. The van der Waals surface area contributed by atoms with Gasteiger partial charge in [-0.05, 0) is 37.6 Å². The van der Waals surface area contributed by atoms with E-state index in [1.54, 1.807) is 13.1 Å². The summed E-state index contributed by atoms with van der Waals surface area (Å²) < 4.78 is 1.50. The molecule has 0 saturated carbocycles. The Labute approximate surface area is 145 Å². The molecule has 0 unspecified atom stereocenters. The average molecular weight is 339 g/mol. The van der Waals surface area contributed by atoms with E-state index in [4.69, 9.17) is 0 Å². The van der Waals surface area contributed by atoms with E-state index >= 15 is 0 Å². The Morgan fingerprint density at radius 2 is 2.00 bits per heavy atom. The largest absolute Gasteiger partial charge is 0.359 e. The molecule has 2 heterocycles. The highest BCUT2D eigenvalue weighted by Gasteiger charge is 2.13. The van der Waals surface area contributed by atoms with Crippen LogP contribution in [0.4, 0.5) is 0 Å². The van der Waals surface area contributed by atoms with Crippen LogP contribution in [0, 0.1) is 13.8 Å². The molecule has 0 aliphatic carbocycles. The molecule has 130 valence electrons. The van der Waals surface area contributed by atoms with E-state index in [9.17, 15) is 9.59 Å². The van der Waals surface area contributed by atoms with Gasteiger partial charge in [0.05, 0.1) is 12.2 Å². The second-order valence-electron chi connectivity index (χ2n) is 6.08. The number of amides is 2. The second-order valence-corrected chi connectivity index (χ2v) is 6.08. The Hall–Kier alpha value is -3.09. The van der Waals surface area contributed by atoms with Crippen LogP contribution < -0.4 is 10.6 Å². The minimum absolute atomic E-state index is 0.0782. The monoisotopic (exact) mass is 339 g/mol. The molecule has 2 amide bonds. The first-order valence-electron chi connectivity index (χ1n) is 8.07. The van der Waals surface area contributed by atoms with Crippen molar-refractivity contribution in [3.05, 3.63) is 53.0 Å². The van der Waals surface area contributed by atoms with E-state index < -0.39 is 0 Å². The molecule has 0 fully saturated rings. The van der Waals surface area contributed by atoms with Gasteiger partial charge in [0.15, 0.2) is 0 Å². The number of hydrogen-bond acceptors (Lipinski definition) is 3. The lowest BCUT2D eigenvalue weighted by Gasteiger charge is -2.08. The van der Waals surface area contributed by atoms with Crippen LogP contribution in [0.3, 0.4) is 0 Å². The average Bonchev–Trinajstić information content (AvgIpc) is 3.11. The molecule has 0 bridgehead atoms. The zero-order valence-electron chi connectivity index (χ0n) is 14.5. The molecule has 3 N–H and O–H groups in total. The molecule has 0 spiro atoms. The van der Waals surface area contributed by atoms with Crippen LogP contribution in [-0.2, 0) is 18.4 Å². The van der Waals surface area contributed by atoms with E-state index in [-0.39, 0.29) is 18.4 Å². The lowest BCUT2D eigenvalue weighted by Crippen LogP contribution is -2.37. The highest BCUT2D eigenvalue weighted by Crippen LogP contribution is 2.19. The highest BCUT2D eigenvalue weighted by molar-refractivity contribution is 5.95. The zero-order valence-corrected chi connectivity index (χ0v) is 14.5. The summed E-state index contributed by atoms with van der Waals surface area (Å²) in [6.45, 7) is 4.14. The first-order chi connectivity index (χ1) is 11.9. The highest BCUT2D eigenvalue weighted by atomic mass is 16.2. The molecule has 7 nitrogen and oxygen atoms in total. The van der Waals surface area contributed by atoms with Crippen LogP contribution in [0.1, 0.15) is 27.4 Å². The SMILES string of the molecule is Cc1cc(C(=O)NCC(=O)NCc2cccc3[nH]c(C)cc23)n(C)n1. The van der Waals surface area contributed by atoms with Crippen LogP contribution >= 0.6 is 0 Å². The number of H-pyrrole nitrogens is 1. The summed E-state index contributed by atoms with van der Waals surface area (Å²) in [6, 6.07) is 9.68. The number of aryl methyl sites for hydroxylation is 3. The standard InChI is InChI=1S/C18H21N5O2/c1-11-7-14-13(5-4-6-15(14)21-11)9-19-17(24)10-20-18(25)16-8-12(2)22-23(16)3/h4-8,21H,9-10H2,1-3H3,(H,19,24)(H,20,25). The number of rotatable bonds is 5.